The Hall–Kier alpha value is -3.19. The lowest BCUT2D eigenvalue weighted by atomic mass is 10.1. The first-order valence-electron chi connectivity index (χ1n) is 9.70. The number of benzene rings is 2. The molecule has 2 aromatic rings. The number of aryl methyl sites for hydroxylation is 2. The molecule has 7 nitrogen and oxygen atoms in total. The van der Waals surface area contributed by atoms with Crippen LogP contribution in [-0.4, -0.2) is 39.9 Å². The van der Waals surface area contributed by atoms with Gasteiger partial charge in [-0.3, -0.25) is 19.6 Å². The van der Waals surface area contributed by atoms with Crippen molar-refractivity contribution in [2.45, 2.75) is 46.7 Å². The molecule has 0 aliphatic carbocycles. The highest BCUT2D eigenvalue weighted by Crippen LogP contribution is 2.15. The molecule has 0 heterocycles. The minimum absolute atomic E-state index is 0.0953. The zero-order valence-electron chi connectivity index (χ0n) is 18.1. The minimum Gasteiger partial charge on any atom is -0.350 e. The number of nitrogens with zero attached hydrogens (tertiary/aromatic N) is 1. The van der Waals surface area contributed by atoms with Crippen molar-refractivity contribution in [3.8, 4) is 0 Å². The summed E-state index contributed by atoms with van der Waals surface area (Å²) in [5, 5.41) is 11.6. The Morgan fingerprint density at radius 3 is 2.00 bits per heavy atom. The average molecular weight is 412 g/mol. The summed E-state index contributed by atoms with van der Waals surface area (Å²) in [5.41, 5.74) is 4.68. The molecular weight excluding hydrogens is 382 g/mol. The van der Waals surface area contributed by atoms with Gasteiger partial charge in [-0.1, -0.05) is 29.3 Å². The maximum atomic E-state index is 13.2. The van der Waals surface area contributed by atoms with Crippen LogP contribution in [0, 0.1) is 13.8 Å². The molecule has 0 radical (unpaired) electrons. The van der Waals surface area contributed by atoms with Crippen LogP contribution in [0.15, 0.2) is 42.5 Å². The Kier molecular flexibility index (Phi) is 7.34. The number of carbonyl (C=O) groups excluding carboxylic acids is 3. The molecule has 0 unspecified atom stereocenters. The molecule has 0 atom stereocenters. The van der Waals surface area contributed by atoms with Crippen molar-refractivity contribution in [1.29, 1.82) is 0 Å². The van der Waals surface area contributed by atoms with Crippen LogP contribution in [0.25, 0.3) is 0 Å². The molecule has 0 aromatic heterocycles. The summed E-state index contributed by atoms with van der Waals surface area (Å²) in [6.45, 7) is 9.59. The van der Waals surface area contributed by atoms with E-state index in [1.165, 1.54) is 4.90 Å². The van der Waals surface area contributed by atoms with Gasteiger partial charge in [-0.15, -0.1) is 0 Å². The first kappa shape index (κ1) is 23.1. The number of amides is 3. The first-order valence-corrected chi connectivity index (χ1v) is 9.70. The molecule has 0 fully saturated rings. The molecule has 0 aliphatic rings. The van der Waals surface area contributed by atoms with Gasteiger partial charge in [-0.05, 0) is 64.4 Å². The lowest BCUT2D eigenvalue weighted by Gasteiger charge is -2.26. The van der Waals surface area contributed by atoms with E-state index in [0.717, 1.165) is 16.7 Å². The lowest BCUT2D eigenvalue weighted by Crippen LogP contribution is -2.47. The number of rotatable bonds is 6. The van der Waals surface area contributed by atoms with E-state index in [9.17, 15) is 14.4 Å². The van der Waals surface area contributed by atoms with Crippen LogP contribution < -0.4 is 10.8 Å². The summed E-state index contributed by atoms with van der Waals surface area (Å²) in [6.07, 6.45) is 0. The highest BCUT2D eigenvalue weighted by atomic mass is 16.5. The van der Waals surface area contributed by atoms with Gasteiger partial charge in [0.05, 0.1) is 0 Å². The van der Waals surface area contributed by atoms with Crippen molar-refractivity contribution in [2.24, 2.45) is 0 Å². The molecule has 3 N–H and O–H groups in total. The predicted octanol–water partition coefficient (Wildman–Crippen LogP) is 2.98. The molecule has 160 valence electrons. The monoisotopic (exact) mass is 411 g/mol. The maximum Gasteiger partial charge on any atom is 0.274 e. The fraction of sp³-hybridized carbons (Fsp3) is 0.348. The molecule has 0 aliphatic heterocycles. The fourth-order valence-corrected chi connectivity index (χ4v) is 3.16. The van der Waals surface area contributed by atoms with Gasteiger partial charge in [0.1, 0.15) is 6.54 Å². The molecular formula is C23H29N3O4. The Labute approximate surface area is 177 Å². The van der Waals surface area contributed by atoms with E-state index in [2.05, 4.69) is 5.32 Å². The van der Waals surface area contributed by atoms with Gasteiger partial charge in [0.2, 0.25) is 5.91 Å². The summed E-state index contributed by atoms with van der Waals surface area (Å²) in [7, 11) is 0. The molecule has 0 spiro atoms. The van der Waals surface area contributed by atoms with Crippen molar-refractivity contribution in [2.75, 3.05) is 6.54 Å². The third-order valence-electron chi connectivity index (χ3n) is 4.30. The summed E-state index contributed by atoms with van der Waals surface area (Å²) >= 11 is 0. The van der Waals surface area contributed by atoms with Crippen LogP contribution in [0.4, 0.5) is 0 Å². The highest BCUT2D eigenvalue weighted by Gasteiger charge is 2.22. The second-order valence-corrected chi connectivity index (χ2v) is 8.47. The van der Waals surface area contributed by atoms with Gasteiger partial charge in [-0.2, -0.15) is 0 Å². The van der Waals surface area contributed by atoms with E-state index in [-0.39, 0.29) is 24.9 Å². The van der Waals surface area contributed by atoms with Crippen LogP contribution in [0.3, 0.4) is 0 Å². The lowest BCUT2D eigenvalue weighted by molar-refractivity contribution is -0.123. The topological polar surface area (TPSA) is 98.7 Å². The summed E-state index contributed by atoms with van der Waals surface area (Å²) in [4.78, 5) is 38.7. The van der Waals surface area contributed by atoms with Crippen LogP contribution >= 0.6 is 0 Å². The Morgan fingerprint density at radius 1 is 0.933 bits per heavy atom. The van der Waals surface area contributed by atoms with Crippen molar-refractivity contribution in [3.63, 3.8) is 0 Å². The van der Waals surface area contributed by atoms with Crippen molar-refractivity contribution in [3.05, 3.63) is 70.3 Å². The van der Waals surface area contributed by atoms with E-state index in [4.69, 9.17) is 5.21 Å². The first-order chi connectivity index (χ1) is 14.0. The molecule has 0 bridgehead atoms. The van der Waals surface area contributed by atoms with Crippen molar-refractivity contribution >= 4 is 17.7 Å². The second kappa shape index (κ2) is 9.54. The van der Waals surface area contributed by atoms with Gasteiger partial charge in [0, 0.05) is 23.2 Å². The number of carbonyl (C=O) groups is 3. The molecule has 7 heteroatoms. The summed E-state index contributed by atoms with van der Waals surface area (Å²) in [6, 6.07) is 12.1. The average Bonchev–Trinajstić information content (AvgIpc) is 2.64. The van der Waals surface area contributed by atoms with E-state index >= 15 is 0 Å². The fourth-order valence-electron chi connectivity index (χ4n) is 3.16. The van der Waals surface area contributed by atoms with Crippen molar-refractivity contribution in [1.82, 2.24) is 15.7 Å². The van der Waals surface area contributed by atoms with Crippen LogP contribution in [0.2, 0.25) is 0 Å². The zero-order valence-corrected chi connectivity index (χ0v) is 18.1. The van der Waals surface area contributed by atoms with Gasteiger partial charge in [0.25, 0.3) is 11.8 Å². The minimum atomic E-state index is -0.616. The Balaban J connectivity index is 2.29. The SMILES string of the molecule is Cc1cc(C)cc(C(=O)N(CC(=O)NC(C)(C)C)Cc2ccc(C(=O)NO)cc2)c1. The second-order valence-electron chi connectivity index (χ2n) is 8.47. The third kappa shape index (κ3) is 6.70. The standard InChI is InChI=1S/C23H29N3O4/c1-15-10-16(2)12-19(11-15)22(29)26(14-20(27)24-23(3,4)5)13-17-6-8-18(9-7-17)21(28)25-30/h6-12,30H,13-14H2,1-5H3,(H,24,27)(H,25,28). The van der Waals surface area contributed by atoms with E-state index in [1.54, 1.807) is 41.9 Å². The highest BCUT2D eigenvalue weighted by molar-refractivity contribution is 5.97. The number of hydrogen-bond acceptors (Lipinski definition) is 4. The predicted molar refractivity (Wildman–Crippen MR) is 114 cm³/mol. The number of nitrogens with one attached hydrogen (secondary N) is 2. The molecule has 2 rings (SSSR count). The summed E-state index contributed by atoms with van der Waals surface area (Å²) < 4.78 is 0. The zero-order chi connectivity index (χ0) is 22.5. The molecule has 0 saturated carbocycles. The van der Waals surface area contributed by atoms with Gasteiger partial charge >= 0.3 is 0 Å². The van der Waals surface area contributed by atoms with Crippen LogP contribution in [-0.2, 0) is 11.3 Å². The maximum absolute atomic E-state index is 13.2. The van der Waals surface area contributed by atoms with E-state index in [1.807, 2.05) is 40.7 Å². The van der Waals surface area contributed by atoms with Crippen molar-refractivity contribution < 1.29 is 19.6 Å². The third-order valence-corrected chi connectivity index (χ3v) is 4.30. The Bertz CT molecular complexity index is 910. The van der Waals surface area contributed by atoms with Gasteiger partial charge in [0.15, 0.2) is 0 Å². The summed E-state index contributed by atoms with van der Waals surface area (Å²) in [5.74, 6) is -1.12. The van der Waals surface area contributed by atoms with Crippen LogP contribution in [0.5, 0.6) is 0 Å². The normalized spacial score (nSPS) is 11.0. The smallest absolute Gasteiger partial charge is 0.274 e. The largest absolute Gasteiger partial charge is 0.350 e. The molecule has 30 heavy (non-hydrogen) atoms. The molecule has 2 aromatic carbocycles. The Morgan fingerprint density at radius 2 is 1.50 bits per heavy atom. The van der Waals surface area contributed by atoms with Gasteiger partial charge in [-0.25, -0.2) is 5.48 Å². The van der Waals surface area contributed by atoms with Crippen LogP contribution in [0.1, 0.15) is 58.2 Å². The van der Waals surface area contributed by atoms with E-state index in [0.29, 0.717) is 11.1 Å². The van der Waals surface area contributed by atoms with E-state index < -0.39 is 11.4 Å². The molecule has 0 saturated heterocycles. The van der Waals surface area contributed by atoms with Gasteiger partial charge < -0.3 is 10.2 Å². The quantitative estimate of drug-likeness (QED) is 0.503. The number of hydroxylamine groups is 1. The molecule has 3 amide bonds. The number of hydrogen-bond donors (Lipinski definition) is 3.